The molecule has 2 heteroatoms. The highest BCUT2D eigenvalue weighted by Crippen LogP contribution is 2.44. The third-order valence-corrected chi connectivity index (χ3v) is 7.97. The Labute approximate surface area is 233 Å². The predicted octanol–water partition coefficient (Wildman–Crippen LogP) is 9.94. The minimum atomic E-state index is 0.873. The fourth-order valence-corrected chi connectivity index (χ4v) is 6.13. The van der Waals surface area contributed by atoms with Crippen LogP contribution in [0.15, 0.2) is 126 Å². The maximum atomic E-state index is 6.98. The maximum Gasteiger partial charge on any atom is 0.212 e. The first-order valence-electron chi connectivity index (χ1n) is 13.8. The lowest BCUT2D eigenvalue weighted by Crippen LogP contribution is -1.98. The molecule has 0 bridgehead atoms. The molecule has 2 aromatic heterocycles. The second kappa shape index (κ2) is 9.19. The monoisotopic (exact) mass is 511 g/mol. The van der Waals surface area contributed by atoms with E-state index < -0.39 is 0 Å². The van der Waals surface area contributed by atoms with E-state index in [4.69, 9.17) is 4.42 Å². The maximum absolute atomic E-state index is 6.98. The molecule has 0 atom stereocenters. The lowest BCUT2D eigenvalue weighted by atomic mass is 9.92. The van der Waals surface area contributed by atoms with Crippen molar-refractivity contribution in [2.24, 2.45) is 0 Å². The van der Waals surface area contributed by atoms with Gasteiger partial charge >= 0.3 is 0 Å². The van der Waals surface area contributed by atoms with Crippen molar-refractivity contribution in [2.45, 2.75) is 12.8 Å². The number of benzene rings is 4. The van der Waals surface area contributed by atoms with Gasteiger partial charge in [-0.05, 0) is 54.3 Å². The molecule has 1 aliphatic carbocycles. The zero-order valence-corrected chi connectivity index (χ0v) is 21.9. The highest BCUT2D eigenvalue weighted by molar-refractivity contribution is 6.10. The number of para-hydroxylation sites is 1. The molecule has 0 spiro atoms. The third-order valence-electron chi connectivity index (χ3n) is 7.97. The summed E-state index contributed by atoms with van der Waals surface area (Å²) in [5.41, 5.74) is 10.3. The molecule has 40 heavy (non-hydrogen) atoms. The van der Waals surface area contributed by atoms with E-state index in [0.29, 0.717) is 0 Å². The molecule has 0 radical (unpaired) electrons. The van der Waals surface area contributed by atoms with E-state index in [1.165, 1.54) is 27.5 Å². The molecule has 188 valence electrons. The summed E-state index contributed by atoms with van der Waals surface area (Å²) in [4.78, 5) is 0. The molecule has 2 nitrogen and oxygen atoms in total. The number of nitrogens with zero attached hydrogens (tertiary/aromatic N) is 1. The zero-order valence-electron chi connectivity index (χ0n) is 21.9. The van der Waals surface area contributed by atoms with E-state index in [1.54, 1.807) is 0 Å². The molecule has 1 aliphatic rings. The van der Waals surface area contributed by atoms with Crippen molar-refractivity contribution in [3.05, 3.63) is 145 Å². The standard InChI is InChI=1S/C38H25NO/c1-3-13-26(14-4-1)28-23-24-36-34(25-28)30-18-11-12-22-35(30)39(36)38-33-21-10-9-20-32(33)37(40-38)31-19-8-7-17-29(31)27-15-5-2-6-16-27/h1-5,7-8,10-15,17-19,21-25H,9,20H2. The zero-order chi connectivity index (χ0) is 26.5. The summed E-state index contributed by atoms with van der Waals surface area (Å²) in [6.07, 6.45) is 6.45. The van der Waals surface area contributed by atoms with Crippen molar-refractivity contribution in [3.63, 3.8) is 0 Å². The number of rotatable bonds is 4. The van der Waals surface area contributed by atoms with Crippen molar-refractivity contribution in [3.8, 4) is 39.5 Å². The van der Waals surface area contributed by atoms with Crippen LogP contribution < -0.4 is 0 Å². The highest BCUT2D eigenvalue weighted by atomic mass is 16.4. The normalized spacial score (nSPS) is 12.5. The van der Waals surface area contributed by atoms with Crippen LogP contribution >= 0.6 is 0 Å². The SMILES string of the molecule is c1cccc(-c2ccccc2-c2oc(-n3c4ccccc4c4cc(-c5ccccc5)ccc43)c3c2CCC=C3)c#1. The van der Waals surface area contributed by atoms with E-state index in [0.717, 1.165) is 57.8 Å². The van der Waals surface area contributed by atoms with Crippen LogP contribution in [0.1, 0.15) is 17.5 Å². The number of fused-ring (bicyclic) bond motifs is 4. The second-order valence-electron chi connectivity index (χ2n) is 10.3. The van der Waals surface area contributed by atoms with Crippen LogP contribution in [0.25, 0.3) is 67.3 Å². The quantitative estimate of drug-likeness (QED) is 0.230. The Morgan fingerprint density at radius 1 is 0.675 bits per heavy atom. The number of allylic oxidation sites excluding steroid dienone is 1. The topological polar surface area (TPSA) is 18.1 Å². The molecule has 0 saturated carbocycles. The largest absolute Gasteiger partial charge is 0.439 e. The first-order chi connectivity index (χ1) is 19.9. The van der Waals surface area contributed by atoms with Gasteiger partial charge in [-0.25, -0.2) is 0 Å². The second-order valence-corrected chi connectivity index (χ2v) is 10.3. The third kappa shape index (κ3) is 3.52. The average Bonchev–Trinajstić information content (AvgIpc) is 3.57. The van der Waals surface area contributed by atoms with Gasteiger partial charge in [0, 0.05) is 38.6 Å². The van der Waals surface area contributed by atoms with Crippen LogP contribution in [0.4, 0.5) is 0 Å². The summed E-state index contributed by atoms with van der Waals surface area (Å²) in [5, 5.41) is 2.44. The highest BCUT2D eigenvalue weighted by Gasteiger charge is 2.26. The van der Waals surface area contributed by atoms with E-state index in [-0.39, 0.29) is 0 Å². The van der Waals surface area contributed by atoms with Gasteiger partial charge in [0.15, 0.2) is 0 Å². The van der Waals surface area contributed by atoms with Gasteiger partial charge in [-0.1, -0.05) is 109 Å². The molecule has 2 heterocycles. The van der Waals surface area contributed by atoms with Crippen LogP contribution in [0.2, 0.25) is 0 Å². The Morgan fingerprint density at radius 3 is 2.35 bits per heavy atom. The Balaban J connectivity index is 1.40. The Bertz CT molecular complexity index is 2040. The van der Waals surface area contributed by atoms with Crippen LogP contribution in [-0.4, -0.2) is 4.57 Å². The average molecular weight is 512 g/mol. The lowest BCUT2D eigenvalue weighted by molar-refractivity contribution is 0.558. The van der Waals surface area contributed by atoms with Crippen LogP contribution in [0, 0.1) is 12.1 Å². The number of hydrogen-bond acceptors (Lipinski definition) is 1. The first-order valence-corrected chi connectivity index (χ1v) is 13.8. The summed E-state index contributed by atoms with van der Waals surface area (Å²) in [5.74, 6) is 1.81. The summed E-state index contributed by atoms with van der Waals surface area (Å²) in [6, 6.07) is 46.8. The molecule has 8 rings (SSSR count). The van der Waals surface area contributed by atoms with Crippen molar-refractivity contribution in [1.29, 1.82) is 0 Å². The molecule has 0 amide bonds. The molecule has 0 aliphatic heterocycles. The molecule has 5 aromatic carbocycles. The molecule has 7 aromatic rings. The molecule has 0 saturated heterocycles. The molecular weight excluding hydrogens is 486 g/mol. The Hall–Kier alpha value is -5.26. The van der Waals surface area contributed by atoms with Gasteiger partial charge in [-0.15, -0.1) is 0 Å². The van der Waals surface area contributed by atoms with Gasteiger partial charge in [-0.3, -0.25) is 4.57 Å². The minimum absolute atomic E-state index is 0.873. The minimum Gasteiger partial charge on any atom is -0.439 e. The van der Waals surface area contributed by atoms with Gasteiger partial charge < -0.3 is 4.42 Å². The number of hydrogen-bond donors (Lipinski definition) is 0. The first kappa shape index (κ1) is 22.7. The molecule has 0 fully saturated rings. The van der Waals surface area contributed by atoms with Crippen molar-refractivity contribution >= 4 is 27.9 Å². The summed E-state index contributed by atoms with van der Waals surface area (Å²) >= 11 is 0. The number of aromatic nitrogens is 1. The van der Waals surface area contributed by atoms with E-state index in [2.05, 4.69) is 132 Å². The van der Waals surface area contributed by atoms with Gasteiger partial charge in [0.2, 0.25) is 5.88 Å². The van der Waals surface area contributed by atoms with Gasteiger partial charge in [0.1, 0.15) is 5.76 Å². The smallest absolute Gasteiger partial charge is 0.212 e. The van der Waals surface area contributed by atoms with Crippen LogP contribution in [0.5, 0.6) is 0 Å². The summed E-state index contributed by atoms with van der Waals surface area (Å²) < 4.78 is 9.29. The van der Waals surface area contributed by atoms with E-state index in [1.807, 2.05) is 12.1 Å². The van der Waals surface area contributed by atoms with Gasteiger partial charge in [-0.2, -0.15) is 0 Å². The Morgan fingerprint density at radius 2 is 1.48 bits per heavy atom. The van der Waals surface area contributed by atoms with Crippen molar-refractivity contribution in [2.75, 3.05) is 0 Å². The van der Waals surface area contributed by atoms with E-state index in [9.17, 15) is 0 Å². The lowest BCUT2D eigenvalue weighted by Gasteiger charge is -2.10. The van der Waals surface area contributed by atoms with Gasteiger partial charge in [0.25, 0.3) is 0 Å². The summed E-state index contributed by atoms with van der Waals surface area (Å²) in [6.45, 7) is 0. The number of furan rings is 1. The van der Waals surface area contributed by atoms with Gasteiger partial charge in [0.05, 0.1) is 11.0 Å². The summed E-state index contributed by atoms with van der Waals surface area (Å²) in [7, 11) is 0. The fourth-order valence-electron chi connectivity index (χ4n) is 6.13. The van der Waals surface area contributed by atoms with Crippen molar-refractivity contribution < 1.29 is 4.42 Å². The molecular formula is C38H25NO. The van der Waals surface area contributed by atoms with Crippen LogP contribution in [0.3, 0.4) is 0 Å². The predicted molar refractivity (Wildman–Crippen MR) is 164 cm³/mol. The van der Waals surface area contributed by atoms with Crippen molar-refractivity contribution in [1.82, 2.24) is 4.57 Å². The molecule has 0 unspecified atom stereocenters. The molecule has 0 N–H and O–H groups in total. The van der Waals surface area contributed by atoms with Crippen LogP contribution in [-0.2, 0) is 6.42 Å². The fraction of sp³-hybridized carbons (Fsp3) is 0.0526. The van der Waals surface area contributed by atoms with E-state index >= 15 is 0 Å². The Kier molecular flexibility index (Phi) is 5.21.